The number of amides is 1. The average Bonchev–Trinajstić information content (AvgIpc) is 2.53. The lowest BCUT2D eigenvalue weighted by Crippen LogP contribution is -2.41. The van der Waals surface area contributed by atoms with Crippen molar-refractivity contribution in [2.75, 3.05) is 6.61 Å². The topological polar surface area (TPSA) is 49.3 Å². The van der Waals surface area contributed by atoms with Crippen LogP contribution in [0.1, 0.15) is 24.2 Å². The lowest BCUT2D eigenvalue weighted by atomic mass is 10.1. The molecule has 0 saturated carbocycles. The summed E-state index contributed by atoms with van der Waals surface area (Å²) in [5, 5.41) is 11.8. The SMILES string of the molecule is CC(C)C(CO)NC(=O)c1cc(Cl)sc1Cl. The molecule has 3 nitrogen and oxygen atoms in total. The Morgan fingerprint density at radius 3 is 2.56 bits per heavy atom. The molecule has 1 aromatic rings. The molecule has 0 saturated heterocycles. The van der Waals surface area contributed by atoms with Gasteiger partial charge >= 0.3 is 0 Å². The molecule has 0 fully saturated rings. The molecule has 2 N–H and O–H groups in total. The van der Waals surface area contributed by atoms with Crippen LogP contribution in [0.5, 0.6) is 0 Å². The Morgan fingerprint density at radius 2 is 2.19 bits per heavy atom. The second kappa shape index (κ2) is 5.87. The summed E-state index contributed by atoms with van der Waals surface area (Å²) in [4.78, 5) is 11.8. The third-order valence-corrected chi connectivity index (χ3v) is 3.71. The molecule has 90 valence electrons. The maximum Gasteiger partial charge on any atom is 0.254 e. The molecular weight excluding hydrogens is 269 g/mol. The predicted octanol–water partition coefficient (Wildman–Crippen LogP) is 2.80. The van der Waals surface area contributed by atoms with Gasteiger partial charge in [0, 0.05) is 0 Å². The van der Waals surface area contributed by atoms with Crippen LogP contribution in [0.25, 0.3) is 0 Å². The van der Waals surface area contributed by atoms with E-state index in [0.29, 0.717) is 14.2 Å². The first-order chi connectivity index (χ1) is 7.45. The fourth-order valence-corrected chi connectivity index (χ4v) is 2.62. The lowest BCUT2D eigenvalue weighted by molar-refractivity contribution is 0.0897. The van der Waals surface area contributed by atoms with Gasteiger partial charge in [0.2, 0.25) is 0 Å². The van der Waals surface area contributed by atoms with Gasteiger partial charge < -0.3 is 10.4 Å². The van der Waals surface area contributed by atoms with Crippen molar-refractivity contribution in [3.63, 3.8) is 0 Å². The van der Waals surface area contributed by atoms with Crippen LogP contribution in [0.2, 0.25) is 8.67 Å². The zero-order valence-electron chi connectivity index (χ0n) is 8.96. The first-order valence-electron chi connectivity index (χ1n) is 4.82. The molecule has 1 amide bonds. The standard InChI is InChI=1S/C10H13Cl2NO2S/c1-5(2)7(4-14)13-10(15)6-3-8(11)16-9(6)12/h3,5,7,14H,4H2,1-2H3,(H,13,15). The predicted molar refractivity (Wildman–Crippen MR) is 67.5 cm³/mol. The first-order valence-corrected chi connectivity index (χ1v) is 6.39. The molecule has 0 bridgehead atoms. The van der Waals surface area contributed by atoms with E-state index in [-0.39, 0.29) is 24.5 Å². The van der Waals surface area contributed by atoms with Gasteiger partial charge in [0.15, 0.2) is 0 Å². The molecule has 0 aliphatic carbocycles. The average molecular weight is 282 g/mol. The van der Waals surface area contributed by atoms with Gasteiger partial charge in [-0.3, -0.25) is 4.79 Å². The molecule has 16 heavy (non-hydrogen) atoms. The molecule has 1 rings (SSSR count). The van der Waals surface area contributed by atoms with Gasteiger partial charge in [-0.1, -0.05) is 37.0 Å². The maximum absolute atomic E-state index is 11.8. The van der Waals surface area contributed by atoms with E-state index in [4.69, 9.17) is 28.3 Å². The summed E-state index contributed by atoms with van der Waals surface area (Å²) in [6.07, 6.45) is 0. The number of aliphatic hydroxyl groups excluding tert-OH is 1. The van der Waals surface area contributed by atoms with Gasteiger partial charge in [-0.25, -0.2) is 0 Å². The summed E-state index contributed by atoms with van der Waals surface area (Å²) in [7, 11) is 0. The van der Waals surface area contributed by atoms with Crippen LogP contribution in [0.3, 0.4) is 0 Å². The lowest BCUT2D eigenvalue weighted by Gasteiger charge is -2.19. The fourth-order valence-electron chi connectivity index (χ4n) is 1.16. The van der Waals surface area contributed by atoms with Crippen molar-refractivity contribution >= 4 is 40.4 Å². The summed E-state index contributed by atoms with van der Waals surface area (Å²) in [6, 6.07) is 1.25. The second-order valence-corrected chi connectivity index (χ2v) is 6.03. The van der Waals surface area contributed by atoms with E-state index >= 15 is 0 Å². The molecule has 0 spiro atoms. The van der Waals surface area contributed by atoms with E-state index in [0.717, 1.165) is 11.3 Å². The minimum Gasteiger partial charge on any atom is -0.394 e. The number of aliphatic hydroxyl groups is 1. The second-order valence-electron chi connectivity index (χ2n) is 3.74. The summed E-state index contributed by atoms with van der Waals surface area (Å²) in [6.45, 7) is 3.74. The number of hydrogen-bond acceptors (Lipinski definition) is 3. The highest BCUT2D eigenvalue weighted by atomic mass is 35.5. The van der Waals surface area contributed by atoms with Crippen LogP contribution < -0.4 is 5.32 Å². The Labute approximate surface area is 108 Å². The Morgan fingerprint density at radius 1 is 1.56 bits per heavy atom. The van der Waals surface area contributed by atoms with Crippen molar-refractivity contribution in [1.29, 1.82) is 0 Å². The summed E-state index contributed by atoms with van der Waals surface area (Å²) in [5.41, 5.74) is 0.357. The normalized spacial score (nSPS) is 12.9. The van der Waals surface area contributed by atoms with Crippen molar-refractivity contribution in [2.24, 2.45) is 5.92 Å². The van der Waals surface area contributed by atoms with Crippen LogP contribution in [0.15, 0.2) is 6.07 Å². The highest BCUT2D eigenvalue weighted by molar-refractivity contribution is 7.20. The number of hydrogen-bond donors (Lipinski definition) is 2. The quantitative estimate of drug-likeness (QED) is 0.892. The van der Waals surface area contributed by atoms with E-state index < -0.39 is 0 Å². The molecule has 1 heterocycles. The van der Waals surface area contributed by atoms with E-state index in [1.165, 1.54) is 6.07 Å². The van der Waals surface area contributed by atoms with E-state index in [2.05, 4.69) is 5.32 Å². The molecule has 0 aromatic carbocycles. The number of halogens is 2. The number of thiophene rings is 1. The van der Waals surface area contributed by atoms with Crippen molar-refractivity contribution in [2.45, 2.75) is 19.9 Å². The molecule has 1 atom stereocenters. The van der Waals surface area contributed by atoms with Gasteiger partial charge in [0.25, 0.3) is 5.91 Å². The van der Waals surface area contributed by atoms with Crippen LogP contribution in [-0.4, -0.2) is 23.7 Å². The number of nitrogens with one attached hydrogen (secondary N) is 1. The number of carbonyl (C=O) groups excluding carboxylic acids is 1. The number of rotatable bonds is 4. The Kier molecular flexibility index (Phi) is 5.05. The molecule has 1 unspecified atom stereocenters. The zero-order chi connectivity index (χ0) is 12.3. The molecule has 0 radical (unpaired) electrons. The monoisotopic (exact) mass is 281 g/mol. The summed E-state index contributed by atoms with van der Waals surface area (Å²) >= 11 is 12.8. The van der Waals surface area contributed by atoms with Crippen molar-refractivity contribution in [3.8, 4) is 0 Å². The fraction of sp³-hybridized carbons (Fsp3) is 0.500. The largest absolute Gasteiger partial charge is 0.394 e. The Hall–Kier alpha value is -0.290. The highest BCUT2D eigenvalue weighted by Crippen LogP contribution is 2.31. The number of carbonyl (C=O) groups is 1. The van der Waals surface area contributed by atoms with Gasteiger partial charge in [-0.05, 0) is 12.0 Å². The van der Waals surface area contributed by atoms with Crippen molar-refractivity contribution in [3.05, 3.63) is 20.3 Å². The van der Waals surface area contributed by atoms with Crippen LogP contribution >= 0.6 is 34.5 Å². The molecule has 6 heteroatoms. The van der Waals surface area contributed by atoms with Gasteiger partial charge in [0.05, 0.1) is 22.5 Å². The van der Waals surface area contributed by atoms with E-state index in [1.807, 2.05) is 13.8 Å². The summed E-state index contributed by atoms with van der Waals surface area (Å²) in [5.74, 6) is -0.150. The minimum atomic E-state index is -0.305. The first kappa shape index (κ1) is 13.8. The van der Waals surface area contributed by atoms with E-state index in [9.17, 15) is 4.79 Å². The maximum atomic E-state index is 11.8. The minimum absolute atomic E-state index is 0.0983. The summed E-state index contributed by atoms with van der Waals surface area (Å²) < 4.78 is 0.836. The zero-order valence-corrected chi connectivity index (χ0v) is 11.3. The van der Waals surface area contributed by atoms with Crippen LogP contribution in [-0.2, 0) is 0 Å². The highest BCUT2D eigenvalue weighted by Gasteiger charge is 2.19. The Balaban J connectivity index is 2.75. The molecular formula is C10H13Cl2NO2S. The van der Waals surface area contributed by atoms with E-state index in [1.54, 1.807) is 0 Å². The molecule has 1 aromatic heterocycles. The van der Waals surface area contributed by atoms with Gasteiger partial charge in [0.1, 0.15) is 4.34 Å². The van der Waals surface area contributed by atoms with Gasteiger partial charge in [-0.15, -0.1) is 11.3 Å². The van der Waals surface area contributed by atoms with Crippen LogP contribution in [0, 0.1) is 5.92 Å². The third kappa shape index (κ3) is 3.35. The van der Waals surface area contributed by atoms with Gasteiger partial charge in [-0.2, -0.15) is 0 Å². The smallest absolute Gasteiger partial charge is 0.254 e. The van der Waals surface area contributed by atoms with Crippen molar-refractivity contribution in [1.82, 2.24) is 5.32 Å². The van der Waals surface area contributed by atoms with Crippen LogP contribution in [0.4, 0.5) is 0 Å². The third-order valence-electron chi connectivity index (χ3n) is 2.22. The molecule has 0 aliphatic rings. The Bertz CT molecular complexity index is 379. The molecule has 0 aliphatic heterocycles. The van der Waals surface area contributed by atoms with Crippen molar-refractivity contribution < 1.29 is 9.90 Å².